The van der Waals surface area contributed by atoms with Gasteiger partial charge in [-0.05, 0) is 118 Å². The summed E-state index contributed by atoms with van der Waals surface area (Å²) in [5.74, 6) is 0.166. The molecular formula is C40H51ClN4O7S. The van der Waals surface area contributed by atoms with Crippen LogP contribution in [0.25, 0.3) is 0 Å². The number of amides is 3. The van der Waals surface area contributed by atoms with Gasteiger partial charge < -0.3 is 24.4 Å². The van der Waals surface area contributed by atoms with E-state index >= 15 is 0 Å². The maximum atomic E-state index is 14.5. The lowest BCUT2D eigenvalue weighted by molar-refractivity contribution is -0.158. The summed E-state index contributed by atoms with van der Waals surface area (Å²) >= 11 is 6.46. The summed E-state index contributed by atoms with van der Waals surface area (Å²) < 4.78 is 38.9. The number of fused-ring (bicyclic) bond motifs is 4. The number of urea groups is 1. The van der Waals surface area contributed by atoms with Crippen molar-refractivity contribution in [3.05, 3.63) is 70.3 Å². The van der Waals surface area contributed by atoms with Crippen LogP contribution in [-0.4, -0.2) is 73.9 Å². The second-order valence-electron chi connectivity index (χ2n) is 16.2. The van der Waals surface area contributed by atoms with Crippen LogP contribution in [0.15, 0.2) is 52.9 Å². The van der Waals surface area contributed by atoms with Crippen molar-refractivity contribution in [3.63, 3.8) is 0 Å². The SMILES string of the molecule is COC(=O)C1(C)CC(NC(=O)NS2(=O)=NC(=O)c3ccc4c(c3)N(C[C@@H]3CC[C@H]3[C@@H](OC)/C=C/C[C@H](C)C2)C[C@@]2(CCCc3cc(Cl)ccc32)CO4)C1. The van der Waals surface area contributed by atoms with Gasteiger partial charge in [0, 0.05) is 42.2 Å². The summed E-state index contributed by atoms with van der Waals surface area (Å²) in [7, 11) is -0.477. The van der Waals surface area contributed by atoms with Crippen molar-refractivity contribution in [2.24, 2.45) is 27.5 Å². The number of hydrogen-bond acceptors (Lipinski definition) is 8. The van der Waals surface area contributed by atoms with Gasteiger partial charge in [-0.1, -0.05) is 36.7 Å². The molecule has 13 heteroatoms. The monoisotopic (exact) mass is 766 g/mol. The fourth-order valence-electron chi connectivity index (χ4n) is 9.27. The molecule has 3 amide bonds. The summed E-state index contributed by atoms with van der Waals surface area (Å²) in [5.41, 5.74) is 2.62. The Hall–Kier alpha value is -3.61. The van der Waals surface area contributed by atoms with Crippen molar-refractivity contribution in [1.29, 1.82) is 0 Å². The Labute approximate surface area is 317 Å². The highest BCUT2D eigenvalue weighted by atomic mass is 35.5. The van der Waals surface area contributed by atoms with Gasteiger partial charge in [-0.3, -0.25) is 14.3 Å². The number of esters is 1. The van der Waals surface area contributed by atoms with Gasteiger partial charge in [-0.15, -0.1) is 4.36 Å². The predicted molar refractivity (Wildman–Crippen MR) is 205 cm³/mol. The van der Waals surface area contributed by atoms with Crippen LogP contribution in [0, 0.1) is 23.2 Å². The zero-order valence-electron chi connectivity index (χ0n) is 31.0. The number of carbonyl (C=O) groups is 3. The minimum absolute atomic E-state index is 0.0309. The van der Waals surface area contributed by atoms with Crippen LogP contribution < -0.4 is 19.7 Å². The van der Waals surface area contributed by atoms with Crippen LogP contribution in [0.4, 0.5) is 10.5 Å². The Morgan fingerprint density at radius 2 is 1.94 bits per heavy atom. The second-order valence-corrected chi connectivity index (χ2v) is 18.6. The molecule has 5 aliphatic rings. The van der Waals surface area contributed by atoms with Crippen LogP contribution in [0.1, 0.15) is 80.3 Å². The van der Waals surface area contributed by atoms with E-state index in [9.17, 15) is 18.6 Å². The summed E-state index contributed by atoms with van der Waals surface area (Å²) in [6.45, 7) is 5.67. The van der Waals surface area contributed by atoms with Crippen LogP contribution in [0.5, 0.6) is 5.75 Å². The quantitative estimate of drug-likeness (QED) is 0.262. The third kappa shape index (κ3) is 7.69. The Bertz CT molecular complexity index is 1920. The number of anilines is 1. The van der Waals surface area contributed by atoms with Crippen molar-refractivity contribution < 1.29 is 32.8 Å². The van der Waals surface area contributed by atoms with Crippen LogP contribution in [-0.2, 0) is 36.0 Å². The lowest BCUT2D eigenvalue weighted by Crippen LogP contribution is -2.56. The molecule has 3 aliphatic carbocycles. The van der Waals surface area contributed by atoms with Gasteiger partial charge in [0.2, 0.25) is 0 Å². The highest BCUT2D eigenvalue weighted by molar-refractivity contribution is 7.92. The van der Waals surface area contributed by atoms with Crippen molar-refractivity contribution in [3.8, 4) is 5.75 Å². The third-order valence-electron chi connectivity index (χ3n) is 12.2. The molecule has 2 aromatic rings. The number of ether oxygens (including phenoxy) is 3. The molecule has 53 heavy (non-hydrogen) atoms. The number of allylic oxidation sites excluding steroid dienone is 1. The lowest BCUT2D eigenvalue weighted by Gasteiger charge is -2.46. The molecule has 0 saturated heterocycles. The molecule has 2 bridgehead atoms. The van der Waals surface area contributed by atoms with E-state index < -0.39 is 27.3 Å². The van der Waals surface area contributed by atoms with E-state index in [0.29, 0.717) is 50.0 Å². The summed E-state index contributed by atoms with van der Waals surface area (Å²) in [5, 5.41) is 3.54. The lowest BCUT2D eigenvalue weighted by atomic mass is 9.67. The topological polar surface area (TPSA) is 136 Å². The maximum absolute atomic E-state index is 14.5. The molecule has 6 atom stereocenters. The molecule has 0 radical (unpaired) electrons. The first-order valence-electron chi connectivity index (χ1n) is 18.8. The molecule has 286 valence electrons. The third-order valence-corrected chi connectivity index (χ3v) is 14.4. The van der Waals surface area contributed by atoms with Gasteiger partial charge in [-0.25, -0.2) is 9.00 Å². The number of aryl methyl sites for hydroxylation is 1. The molecule has 2 aromatic carbocycles. The molecule has 1 unspecified atom stereocenters. The molecule has 2 saturated carbocycles. The standard InChI is InChI=1S/C40H51ClN4O7S/c1-25-7-5-9-34(50-3)31-13-10-28(31)21-45-23-40(16-6-8-26-17-29(41)12-14-32(26)40)24-52-35-15-11-27(18-33(35)45)36(46)43-53(49,22-25)44-38(48)42-30-19-39(2,20-30)37(47)51-4/h5,9,11-12,14-15,17-18,25,28,30-31,34H,6-8,10,13,16,19-24H2,1-4H3,(H2,42,43,44,46,48,49)/b9-5+/t25-,28-,30?,31+,34-,39?,40-,53?/m0/s1. The Morgan fingerprint density at radius 3 is 2.68 bits per heavy atom. The van der Waals surface area contributed by atoms with Crippen molar-refractivity contribution >= 4 is 45.1 Å². The van der Waals surface area contributed by atoms with E-state index in [0.717, 1.165) is 49.4 Å². The number of hydrogen-bond donors (Lipinski definition) is 2. The van der Waals surface area contributed by atoms with Gasteiger partial charge in [0.05, 0.1) is 36.7 Å². The highest BCUT2D eigenvalue weighted by Crippen LogP contribution is 2.47. The molecule has 7 rings (SSSR count). The average molecular weight is 767 g/mol. The fraction of sp³-hybridized carbons (Fsp3) is 0.575. The Balaban J connectivity index is 1.23. The molecule has 2 heterocycles. The van der Waals surface area contributed by atoms with Gasteiger partial charge in [0.25, 0.3) is 5.91 Å². The van der Waals surface area contributed by atoms with Crippen LogP contribution in [0.2, 0.25) is 5.02 Å². The van der Waals surface area contributed by atoms with E-state index in [1.807, 2.05) is 25.1 Å². The van der Waals surface area contributed by atoms with Crippen LogP contribution in [0.3, 0.4) is 0 Å². The smallest absolute Gasteiger partial charge is 0.327 e. The first-order chi connectivity index (χ1) is 25.3. The summed E-state index contributed by atoms with van der Waals surface area (Å²) in [6.07, 6.45) is 10.5. The summed E-state index contributed by atoms with van der Waals surface area (Å²) in [4.78, 5) is 41.8. The minimum Gasteiger partial charge on any atom is -0.490 e. The first kappa shape index (κ1) is 37.7. The zero-order chi connectivity index (χ0) is 37.5. The van der Waals surface area contributed by atoms with Crippen molar-refractivity contribution in [2.75, 3.05) is 44.6 Å². The zero-order valence-corrected chi connectivity index (χ0v) is 32.6. The number of rotatable bonds is 4. The number of benzene rings is 2. The van der Waals surface area contributed by atoms with E-state index in [4.69, 9.17) is 25.8 Å². The number of carbonyl (C=O) groups excluding carboxylic acids is 3. The van der Waals surface area contributed by atoms with E-state index in [2.05, 4.69) is 43.6 Å². The van der Waals surface area contributed by atoms with Gasteiger partial charge in [0.15, 0.2) is 0 Å². The molecular weight excluding hydrogens is 716 g/mol. The number of nitrogens with one attached hydrogen (secondary N) is 2. The Kier molecular flexibility index (Phi) is 10.6. The largest absolute Gasteiger partial charge is 0.490 e. The molecule has 2 fully saturated rings. The molecule has 0 aromatic heterocycles. The Morgan fingerprint density at radius 1 is 1.13 bits per heavy atom. The molecule has 1 spiro atoms. The van der Waals surface area contributed by atoms with E-state index in [1.54, 1.807) is 20.1 Å². The fourth-order valence-corrected chi connectivity index (χ4v) is 11.3. The minimum atomic E-state index is -3.57. The average Bonchev–Trinajstić information content (AvgIpc) is 3.24. The van der Waals surface area contributed by atoms with Crippen LogP contribution >= 0.6 is 11.6 Å². The van der Waals surface area contributed by atoms with Gasteiger partial charge in [0.1, 0.15) is 15.7 Å². The molecule has 2 N–H and O–H groups in total. The second kappa shape index (κ2) is 14.9. The van der Waals surface area contributed by atoms with Crippen molar-refractivity contribution in [2.45, 2.75) is 82.8 Å². The van der Waals surface area contributed by atoms with E-state index in [-0.39, 0.29) is 40.8 Å². The van der Waals surface area contributed by atoms with E-state index in [1.165, 1.54) is 18.2 Å². The van der Waals surface area contributed by atoms with Crippen molar-refractivity contribution in [1.82, 2.24) is 10.0 Å². The maximum Gasteiger partial charge on any atom is 0.327 e. The molecule has 11 nitrogen and oxygen atoms in total. The number of methoxy groups -OCH3 is 2. The number of nitrogens with zero attached hydrogens (tertiary/aromatic N) is 2. The normalized spacial score (nSPS) is 34.4. The first-order valence-corrected chi connectivity index (χ1v) is 20.8. The molecule has 2 aliphatic heterocycles. The van der Waals surface area contributed by atoms with Gasteiger partial charge in [-0.2, -0.15) is 0 Å². The number of halogens is 1. The predicted octanol–water partition coefficient (Wildman–Crippen LogP) is 6.61. The van der Waals surface area contributed by atoms with Gasteiger partial charge >= 0.3 is 12.0 Å². The highest BCUT2D eigenvalue weighted by Gasteiger charge is 2.48. The summed E-state index contributed by atoms with van der Waals surface area (Å²) in [6, 6.07) is 10.5.